The van der Waals surface area contributed by atoms with Crippen LogP contribution in [0.25, 0.3) is 5.57 Å². The maximum Gasteiger partial charge on any atom is 0.737 e. The zero-order valence-electron chi connectivity index (χ0n) is 11.7. The summed E-state index contributed by atoms with van der Waals surface area (Å²) < 4.78 is 33.0. The average molecular weight is 286 g/mol. The van der Waals surface area contributed by atoms with E-state index in [0.29, 0.717) is 11.4 Å². The van der Waals surface area contributed by atoms with Crippen LogP contribution >= 0.6 is 0 Å². The highest BCUT2D eigenvalue weighted by atomic mass is 19.2. The number of rotatable bonds is 1. The molecule has 0 saturated heterocycles. The first-order valence-electron chi connectivity index (χ1n) is 6.74. The van der Waals surface area contributed by atoms with Crippen LogP contribution < -0.4 is 0 Å². The van der Waals surface area contributed by atoms with Crippen molar-refractivity contribution < 1.29 is 13.1 Å². The quantitative estimate of drug-likeness (QED) is 0.738. The Bertz CT molecular complexity index is 854. The summed E-state index contributed by atoms with van der Waals surface area (Å²) in [4.78, 5) is 0. The van der Waals surface area contributed by atoms with Gasteiger partial charge in [0, 0.05) is 36.7 Å². The van der Waals surface area contributed by atoms with Gasteiger partial charge in [-0.2, -0.15) is 5.10 Å². The lowest BCUT2D eigenvalue weighted by Gasteiger charge is -2.30. The fourth-order valence-corrected chi connectivity index (χ4v) is 3.14. The SMILES string of the molecule is Cc1nn(C)cc1C1=C2C=CC=[N+]2[B-](F)(F)n2cccc21. The van der Waals surface area contributed by atoms with Crippen molar-refractivity contribution >= 4 is 18.8 Å². The van der Waals surface area contributed by atoms with E-state index < -0.39 is 6.97 Å². The summed E-state index contributed by atoms with van der Waals surface area (Å²) in [6.07, 6.45) is 8.13. The first kappa shape index (κ1) is 12.3. The molecule has 2 aromatic heterocycles. The van der Waals surface area contributed by atoms with Gasteiger partial charge in [-0.05, 0) is 25.3 Å². The number of nitrogens with zero attached hydrogens (tertiary/aromatic N) is 4. The fraction of sp³-hybridized carbons (Fsp3) is 0.143. The molecule has 0 aliphatic carbocycles. The summed E-state index contributed by atoms with van der Waals surface area (Å²) in [5.74, 6) is 0. The normalized spacial score (nSPS) is 18.8. The Labute approximate surface area is 120 Å². The van der Waals surface area contributed by atoms with E-state index in [2.05, 4.69) is 5.10 Å². The van der Waals surface area contributed by atoms with E-state index in [4.69, 9.17) is 0 Å². The predicted octanol–water partition coefficient (Wildman–Crippen LogP) is 2.18. The first-order valence-corrected chi connectivity index (χ1v) is 6.74. The summed E-state index contributed by atoms with van der Waals surface area (Å²) >= 11 is 0. The predicted molar refractivity (Wildman–Crippen MR) is 77.2 cm³/mol. The molecule has 2 aliphatic rings. The minimum atomic E-state index is -3.83. The van der Waals surface area contributed by atoms with Gasteiger partial charge in [0.25, 0.3) is 0 Å². The Hall–Kier alpha value is -2.44. The minimum Gasteiger partial charge on any atom is -0.396 e. The topological polar surface area (TPSA) is 25.8 Å². The van der Waals surface area contributed by atoms with E-state index in [1.807, 2.05) is 20.2 Å². The van der Waals surface area contributed by atoms with Crippen molar-refractivity contribution in [1.82, 2.24) is 14.3 Å². The maximum absolute atomic E-state index is 14.6. The van der Waals surface area contributed by atoms with Crippen molar-refractivity contribution in [1.29, 1.82) is 0 Å². The zero-order valence-corrected chi connectivity index (χ0v) is 11.7. The number of aromatic nitrogens is 3. The smallest absolute Gasteiger partial charge is 0.396 e. The van der Waals surface area contributed by atoms with Crippen molar-refractivity contribution in [2.75, 3.05) is 0 Å². The van der Waals surface area contributed by atoms with Gasteiger partial charge in [0.1, 0.15) is 6.21 Å². The van der Waals surface area contributed by atoms with E-state index in [0.717, 1.165) is 25.8 Å². The molecule has 0 N–H and O–H groups in total. The molecule has 0 unspecified atom stereocenters. The molecular weight excluding hydrogens is 273 g/mol. The number of aryl methyl sites for hydroxylation is 2. The van der Waals surface area contributed by atoms with Gasteiger partial charge in [-0.1, -0.05) is 0 Å². The molecule has 0 atom stereocenters. The van der Waals surface area contributed by atoms with E-state index in [-0.39, 0.29) is 0 Å². The lowest BCUT2D eigenvalue weighted by Crippen LogP contribution is -2.49. The van der Waals surface area contributed by atoms with Crippen LogP contribution in [0.1, 0.15) is 17.0 Å². The number of halogens is 2. The van der Waals surface area contributed by atoms with Crippen LogP contribution in [-0.4, -0.2) is 31.9 Å². The molecule has 106 valence electrons. The highest BCUT2D eigenvalue weighted by molar-refractivity contribution is 6.57. The summed E-state index contributed by atoms with van der Waals surface area (Å²) in [7, 11) is 1.83. The average Bonchev–Trinajstić information content (AvgIpc) is 3.11. The van der Waals surface area contributed by atoms with Gasteiger partial charge in [-0.15, -0.1) is 0 Å². The van der Waals surface area contributed by atoms with Crippen LogP contribution in [0.15, 0.2) is 42.4 Å². The third-order valence-corrected chi connectivity index (χ3v) is 4.02. The molecule has 0 spiro atoms. The molecule has 7 heteroatoms. The van der Waals surface area contributed by atoms with E-state index >= 15 is 0 Å². The van der Waals surface area contributed by atoms with Gasteiger partial charge in [-0.25, -0.2) is 0 Å². The molecule has 4 rings (SSSR count). The van der Waals surface area contributed by atoms with Crippen molar-refractivity contribution in [2.24, 2.45) is 7.05 Å². The zero-order chi connectivity index (χ0) is 14.8. The van der Waals surface area contributed by atoms with E-state index in [1.54, 1.807) is 29.0 Å². The second-order valence-corrected chi connectivity index (χ2v) is 5.37. The minimum absolute atomic E-state index is 0.530. The second kappa shape index (κ2) is 3.81. The van der Waals surface area contributed by atoms with Crippen molar-refractivity contribution in [3.8, 4) is 0 Å². The van der Waals surface area contributed by atoms with Gasteiger partial charge >= 0.3 is 6.97 Å². The van der Waals surface area contributed by atoms with Gasteiger partial charge in [0.15, 0.2) is 5.70 Å². The fourth-order valence-electron chi connectivity index (χ4n) is 3.14. The monoisotopic (exact) mass is 286 g/mol. The summed E-state index contributed by atoms with van der Waals surface area (Å²) in [5, 5.41) is 4.33. The molecule has 0 radical (unpaired) electrons. The lowest BCUT2D eigenvalue weighted by molar-refractivity contribution is -0.356. The molecule has 2 aliphatic heterocycles. The van der Waals surface area contributed by atoms with Gasteiger partial charge in [0.2, 0.25) is 0 Å². The van der Waals surface area contributed by atoms with E-state index in [9.17, 15) is 8.63 Å². The Morgan fingerprint density at radius 1 is 1.33 bits per heavy atom. The van der Waals surface area contributed by atoms with Gasteiger partial charge < -0.3 is 17.6 Å². The molecule has 4 nitrogen and oxygen atoms in total. The molecule has 0 aromatic carbocycles. The van der Waals surface area contributed by atoms with Crippen LogP contribution in [0.4, 0.5) is 8.63 Å². The summed E-state index contributed by atoms with van der Waals surface area (Å²) in [6.45, 7) is -1.94. The molecule has 2 aromatic rings. The molecular formula is C14H13BF2N4. The summed E-state index contributed by atoms with van der Waals surface area (Å²) in [5.41, 5.74) is 3.56. The molecule has 0 bridgehead atoms. The number of hydrogen-bond acceptors (Lipinski definition) is 1. The third-order valence-electron chi connectivity index (χ3n) is 4.02. The molecule has 0 fully saturated rings. The van der Waals surface area contributed by atoms with Gasteiger partial charge in [0.05, 0.1) is 11.3 Å². The highest BCUT2D eigenvalue weighted by Crippen LogP contribution is 2.38. The number of hydrogen-bond donors (Lipinski definition) is 0. The van der Waals surface area contributed by atoms with Crippen LogP contribution in [0, 0.1) is 6.92 Å². The van der Waals surface area contributed by atoms with Crippen molar-refractivity contribution in [3.05, 3.63) is 59.3 Å². The Balaban J connectivity index is 2.09. The first-order chi connectivity index (χ1) is 10.00. The Kier molecular flexibility index (Phi) is 2.23. The molecule has 0 amide bonds. The Morgan fingerprint density at radius 3 is 2.86 bits per heavy atom. The molecule has 21 heavy (non-hydrogen) atoms. The van der Waals surface area contributed by atoms with Crippen molar-refractivity contribution in [2.45, 2.75) is 6.92 Å². The Morgan fingerprint density at radius 2 is 2.14 bits per heavy atom. The van der Waals surface area contributed by atoms with Crippen LogP contribution in [-0.2, 0) is 7.05 Å². The maximum atomic E-state index is 14.6. The van der Waals surface area contributed by atoms with E-state index in [1.165, 1.54) is 12.4 Å². The standard InChI is InChI=1S/C14H13BF2N4/c1-10-11(9-19(2)18-10)14-12-5-3-7-20(12)15(16,17)21-8-4-6-13(14)21/h3-9H,1-2H3. The van der Waals surface area contributed by atoms with Crippen molar-refractivity contribution in [3.63, 3.8) is 0 Å². The summed E-state index contributed by atoms with van der Waals surface area (Å²) in [6, 6.07) is 3.39. The number of allylic oxidation sites excluding steroid dienone is 2. The van der Waals surface area contributed by atoms with Crippen LogP contribution in [0.3, 0.4) is 0 Å². The largest absolute Gasteiger partial charge is 0.737 e. The van der Waals surface area contributed by atoms with Crippen LogP contribution in [0.2, 0.25) is 0 Å². The number of fused-ring (bicyclic) bond motifs is 2. The third kappa shape index (κ3) is 1.48. The van der Waals surface area contributed by atoms with Gasteiger partial charge in [-0.3, -0.25) is 4.68 Å². The molecule has 4 heterocycles. The second-order valence-electron chi connectivity index (χ2n) is 5.37. The highest BCUT2D eigenvalue weighted by Gasteiger charge is 2.51. The lowest BCUT2D eigenvalue weighted by atomic mass is 9.87. The van der Waals surface area contributed by atoms with Crippen LogP contribution in [0.5, 0.6) is 0 Å². The molecule has 0 saturated carbocycles.